The Kier molecular flexibility index (Phi) is 6.57. The van der Waals surface area contributed by atoms with E-state index in [-0.39, 0.29) is 11.9 Å². The number of hydrogen-bond acceptors (Lipinski definition) is 4. The molecule has 0 spiro atoms. The molecule has 2 aromatic carbocycles. The van der Waals surface area contributed by atoms with Gasteiger partial charge in [0, 0.05) is 16.2 Å². The van der Waals surface area contributed by atoms with Gasteiger partial charge in [-0.25, -0.2) is 0 Å². The smallest absolute Gasteiger partial charge is 0.252 e. The molecule has 0 aliphatic heterocycles. The zero-order valence-electron chi connectivity index (χ0n) is 16.8. The SMILES string of the molecule is CCc1ccc(C(C)NC(=O)c2ccccc2SCc2c(C)noc2C)cc1. The van der Waals surface area contributed by atoms with Crippen LogP contribution in [-0.4, -0.2) is 11.1 Å². The molecule has 1 aromatic heterocycles. The minimum absolute atomic E-state index is 0.0565. The molecule has 5 heteroatoms. The fourth-order valence-electron chi connectivity index (χ4n) is 3.04. The summed E-state index contributed by atoms with van der Waals surface area (Å²) >= 11 is 1.63. The lowest BCUT2D eigenvalue weighted by atomic mass is 10.0. The van der Waals surface area contributed by atoms with Crippen molar-refractivity contribution in [1.29, 1.82) is 0 Å². The summed E-state index contributed by atoms with van der Waals surface area (Å²) in [6.07, 6.45) is 1.01. The number of rotatable bonds is 7. The molecule has 0 saturated carbocycles. The first-order valence-corrected chi connectivity index (χ1v) is 10.5. The zero-order valence-corrected chi connectivity index (χ0v) is 17.6. The van der Waals surface area contributed by atoms with Gasteiger partial charge in [0.25, 0.3) is 5.91 Å². The van der Waals surface area contributed by atoms with Crippen molar-refractivity contribution in [3.8, 4) is 0 Å². The van der Waals surface area contributed by atoms with Crippen molar-refractivity contribution in [3.05, 3.63) is 82.2 Å². The van der Waals surface area contributed by atoms with Gasteiger partial charge < -0.3 is 9.84 Å². The van der Waals surface area contributed by atoms with E-state index in [1.54, 1.807) is 11.8 Å². The molecule has 0 bridgehead atoms. The van der Waals surface area contributed by atoms with Crippen molar-refractivity contribution in [2.75, 3.05) is 0 Å². The molecule has 1 N–H and O–H groups in total. The van der Waals surface area contributed by atoms with Crippen molar-refractivity contribution in [3.63, 3.8) is 0 Å². The minimum atomic E-state index is -0.0612. The van der Waals surface area contributed by atoms with Crippen LogP contribution >= 0.6 is 11.8 Å². The predicted molar refractivity (Wildman–Crippen MR) is 114 cm³/mol. The van der Waals surface area contributed by atoms with E-state index >= 15 is 0 Å². The first-order chi connectivity index (χ1) is 13.5. The number of aromatic nitrogens is 1. The fourth-order valence-corrected chi connectivity index (χ4v) is 4.24. The highest BCUT2D eigenvalue weighted by atomic mass is 32.2. The summed E-state index contributed by atoms with van der Waals surface area (Å²) in [6, 6.07) is 16.1. The number of carbonyl (C=O) groups excluding carboxylic acids is 1. The number of amides is 1. The van der Waals surface area contributed by atoms with Gasteiger partial charge in [-0.3, -0.25) is 4.79 Å². The first kappa shape index (κ1) is 20.2. The summed E-state index contributed by atoms with van der Waals surface area (Å²) in [5.41, 5.74) is 5.08. The molecular formula is C23H26N2O2S. The summed E-state index contributed by atoms with van der Waals surface area (Å²) in [6.45, 7) is 8.01. The lowest BCUT2D eigenvalue weighted by Crippen LogP contribution is -2.27. The number of aryl methyl sites for hydroxylation is 3. The molecule has 0 fully saturated rings. The van der Waals surface area contributed by atoms with Crippen molar-refractivity contribution >= 4 is 17.7 Å². The Morgan fingerprint density at radius 3 is 2.50 bits per heavy atom. The molecule has 1 heterocycles. The Labute approximate surface area is 170 Å². The summed E-state index contributed by atoms with van der Waals surface area (Å²) < 4.78 is 5.24. The van der Waals surface area contributed by atoms with Gasteiger partial charge in [-0.05, 0) is 50.5 Å². The van der Waals surface area contributed by atoms with Crippen LogP contribution in [0.1, 0.15) is 58.4 Å². The molecule has 146 valence electrons. The second-order valence-electron chi connectivity index (χ2n) is 6.88. The number of nitrogens with zero attached hydrogens (tertiary/aromatic N) is 1. The number of nitrogens with one attached hydrogen (secondary N) is 1. The number of benzene rings is 2. The maximum atomic E-state index is 12.9. The summed E-state index contributed by atoms with van der Waals surface area (Å²) in [4.78, 5) is 13.9. The van der Waals surface area contributed by atoms with Crippen LogP contribution in [0.3, 0.4) is 0 Å². The van der Waals surface area contributed by atoms with E-state index < -0.39 is 0 Å². The molecule has 1 atom stereocenters. The highest BCUT2D eigenvalue weighted by Crippen LogP contribution is 2.29. The van der Waals surface area contributed by atoms with Gasteiger partial charge in [-0.15, -0.1) is 11.8 Å². The van der Waals surface area contributed by atoms with Gasteiger partial charge in [0.05, 0.1) is 17.3 Å². The maximum absolute atomic E-state index is 12.9. The van der Waals surface area contributed by atoms with Crippen LogP contribution in [0.15, 0.2) is 57.9 Å². The van der Waals surface area contributed by atoms with Crippen LogP contribution in [0.4, 0.5) is 0 Å². The Balaban J connectivity index is 1.71. The van der Waals surface area contributed by atoms with Crippen LogP contribution in [-0.2, 0) is 12.2 Å². The van der Waals surface area contributed by atoms with Gasteiger partial charge in [0.2, 0.25) is 0 Å². The Hall–Kier alpha value is -2.53. The molecular weight excluding hydrogens is 368 g/mol. The number of thioether (sulfide) groups is 1. The highest BCUT2D eigenvalue weighted by Gasteiger charge is 2.16. The summed E-state index contributed by atoms with van der Waals surface area (Å²) in [5, 5.41) is 7.13. The topological polar surface area (TPSA) is 55.1 Å². The molecule has 4 nitrogen and oxygen atoms in total. The van der Waals surface area contributed by atoms with Crippen LogP contribution < -0.4 is 5.32 Å². The lowest BCUT2D eigenvalue weighted by Gasteiger charge is -2.16. The van der Waals surface area contributed by atoms with Crippen LogP contribution in [0.5, 0.6) is 0 Å². The van der Waals surface area contributed by atoms with Gasteiger partial charge in [0.1, 0.15) is 5.76 Å². The third-order valence-corrected chi connectivity index (χ3v) is 6.02. The lowest BCUT2D eigenvalue weighted by molar-refractivity contribution is 0.0937. The van der Waals surface area contributed by atoms with Gasteiger partial charge in [0.15, 0.2) is 0 Å². The Bertz CT molecular complexity index is 928. The van der Waals surface area contributed by atoms with Gasteiger partial charge in [-0.1, -0.05) is 48.5 Å². The number of carbonyl (C=O) groups is 1. The van der Waals surface area contributed by atoms with E-state index in [0.717, 1.165) is 39.7 Å². The van der Waals surface area contributed by atoms with Crippen molar-refractivity contribution in [1.82, 2.24) is 10.5 Å². The predicted octanol–water partition coefficient (Wildman–Crippen LogP) is 5.64. The van der Waals surface area contributed by atoms with Crippen molar-refractivity contribution in [2.24, 2.45) is 0 Å². The van der Waals surface area contributed by atoms with E-state index in [1.165, 1.54) is 5.56 Å². The average Bonchev–Trinajstić information content (AvgIpc) is 3.04. The third kappa shape index (κ3) is 4.65. The van der Waals surface area contributed by atoms with Crippen molar-refractivity contribution < 1.29 is 9.32 Å². The van der Waals surface area contributed by atoms with Crippen LogP contribution in [0.25, 0.3) is 0 Å². The van der Waals surface area contributed by atoms with E-state index in [4.69, 9.17) is 4.52 Å². The van der Waals surface area contributed by atoms with Crippen LogP contribution in [0.2, 0.25) is 0 Å². The molecule has 1 unspecified atom stereocenters. The van der Waals surface area contributed by atoms with Gasteiger partial charge >= 0.3 is 0 Å². The average molecular weight is 395 g/mol. The normalized spacial score (nSPS) is 12.0. The molecule has 0 aliphatic carbocycles. The van der Waals surface area contributed by atoms with E-state index in [1.807, 2.05) is 45.0 Å². The molecule has 3 rings (SSSR count). The largest absolute Gasteiger partial charge is 0.361 e. The van der Waals surface area contributed by atoms with Crippen LogP contribution in [0, 0.1) is 13.8 Å². The molecule has 0 saturated heterocycles. The molecule has 3 aromatic rings. The standard InChI is InChI=1S/C23H26N2O2S/c1-5-18-10-12-19(13-11-18)15(2)24-23(26)20-8-6-7-9-22(20)28-14-21-16(3)25-27-17(21)4/h6-13,15H,5,14H2,1-4H3,(H,24,26). The monoisotopic (exact) mass is 394 g/mol. The zero-order chi connectivity index (χ0) is 20.1. The highest BCUT2D eigenvalue weighted by molar-refractivity contribution is 7.98. The fraction of sp³-hybridized carbons (Fsp3) is 0.304. The molecule has 1 amide bonds. The minimum Gasteiger partial charge on any atom is -0.361 e. The molecule has 0 aliphatic rings. The first-order valence-electron chi connectivity index (χ1n) is 9.52. The summed E-state index contributed by atoms with van der Waals surface area (Å²) in [7, 11) is 0. The number of hydrogen-bond donors (Lipinski definition) is 1. The quantitative estimate of drug-likeness (QED) is 0.527. The van der Waals surface area contributed by atoms with Gasteiger partial charge in [-0.2, -0.15) is 0 Å². The van der Waals surface area contributed by atoms with E-state index in [2.05, 4.69) is 41.7 Å². The molecule has 0 radical (unpaired) electrons. The Morgan fingerprint density at radius 2 is 1.86 bits per heavy atom. The second-order valence-corrected chi connectivity index (χ2v) is 7.90. The van der Waals surface area contributed by atoms with Crippen molar-refractivity contribution in [2.45, 2.75) is 50.8 Å². The molecule has 28 heavy (non-hydrogen) atoms. The second kappa shape index (κ2) is 9.11. The maximum Gasteiger partial charge on any atom is 0.252 e. The third-order valence-electron chi connectivity index (χ3n) is 4.92. The van der Waals surface area contributed by atoms with E-state index in [9.17, 15) is 4.79 Å². The summed E-state index contributed by atoms with van der Waals surface area (Å²) in [5.74, 6) is 1.49. The Morgan fingerprint density at radius 1 is 1.14 bits per heavy atom. The van der Waals surface area contributed by atoms with E-state index in [0.29, 0.717) is 5.56 Å².